The van der Waals surface area contributed by atoms with Gasteiger partial charge in [-0.1, -0.05) is 30.3 Å². The third-order valence-corrected chi connectivity index (χ3v) is 12.5. The summed E-state index contributed by atoms with van der Waals surface area (Å²) in [4.78, 5) is 0.188. The van der Waals surface area contributed by atoms with Gasteiger partial charge in [-0.15, -0.1) is 0 Å². The molecule has 0 aromatic heterocycles. The van der Waals surface area contributed by atoms with Gasteiger partial charge in [-0.2, -0.15) is 4.31 Å². The zero-order valence-corrected chi connectivity index (χ0v) is 27.7. The van der Waals surface area contributed by atoms with Crippen LogP contribution in [0.1, 0.15) is 19.3 Å². The Kier molecular flexibility index (Phi) is 10.2. The molecule has 0 saturated carbocycles. The predicted molar refractivity (Wildman–Crippen MR) is 171 cm³/mol. The van der Waals surface area contributed by atoms with E-state index in [0.717, 1.165) is 0 Å². The number of hydrogen-bond acceptors (Lipinski definition) is 10. The minimum absolute atomic E-state index is 0.0257. The van der Waals surface area contributed by atoms with Gasteiger partial charge < -0.3 is 19.9 Å². The number of nitrogens with one attached hydrogen (secondary N) is 2. The number of piperidine rings is 1. The highest BCUT2D eigenvalue weighted by Crippen LogP contribution is 2.37. The summed E-state index contributed by atoms with van der Waals surface area (Å²) in [6.45, 7) is 1.21. The smallest absolute Gasteiger partial charge is 0.243 e. The van der Waals surface area contributed by atoms with E-state index in [1.54, 1.807) is 48.5 Å². The lowest BCUT2D eigenvalue weighted by molar-refractivity contribution is -0.0312. The third kappa shape index (κ3) is 7.95. The Balaban J connectivity index is 1.11. The zero-order valence-electron chi connectivity index (χ0n) is 25.2. The molecular weight excluding hydrogens is 657 g/mol. The second-order valence-corrected chi connectivity index (χ2v) is 16.8. The lowest BCUT2D eigenvalue weighted by Gasteiger charge is -2.38. The minimum atomic E-state index is -3.84. The zero-order chi connectivity index (χ0) is 33.2. The highest BCUT2D eigenvalue weighted by atomic mass is 32.2. The molecule has 0 aliphatic carbocycles. The first kappa shape index (κ1) is 34.4. The van der Waals surface area contributed by atoms with E-state index in [0.29, 0.717) is 55.8 Å². The molecule has 2 aliphatic rings. The molecule has 3 aromatic rings. The van der Waals surface area contributed by atoms with E-state index in [2.05, 4.69) is 10.0 Å². The number of nitrogens with zero attached hydrogens (tertiary/aromatic N) is 1. The van der Waals surface area contributed by atoms with Crippen molar-refractivity contribution in [2.24, 2.45) is 5.14 Å². The molecule has 2 saturated heterocycles. The fourth-order valence-corrected chi connectivity index (χ4v) is 8.45. The Labute approximate surface area is 269 Å². The largest absolute Gasteiger partial charge is 0.491 e. The minimum Gasteiger partial charge on any atom is -0.491 e. The van der Waals surface area contributed by atoms with Crippen LogP contribution < -0.4 is 19.9 Å². The van der Waals surface area contributed by atoms with E-state index in [1.807, 2.05) is 0 Å². The second-order valence-electron chi connectivity index (χ2n) is 11.5. The third-order valence-electron chi connectivity index (χ3n) is 8.30. The number of benzene rings is 3. The molecule has 5 rings (SSSR count). The number of rotatable bonds is 12. The summed E-state index contributed by atoms with van der Waals surface area (Å²) in [6.07, 6.45) is 0.867. The highest BCUT2D eigenvalue weighted by molar-refractivity contribution is 7.89. The molecule has 46 heavy (non-hydrogen) atoms. The molecule has 250 valence electrons. The van der Waals surface area contributed by atoms with Gasteiger partial charge in [-0.3, -0.25) is 0 Å². The number of primary sulfonamides is 1. The van der Waals surface area contributed by atoms with Gasteiger partial charge in [0.25, 0.3) is 0 Å². The Bertz CT molecular complexity index is 1860. The Hall–Kier alpha value is -2.93. The summed E-state index contributed by atoms with van der Waals surface area (Å²) < 4.78 is 89.7. The first-order valence-electron chi connectivity index (χ1n) is 14.7. The average Bonchev–Trinajstić information content (AvgIpc) is 3.44. The van der Waals surface area contributed by atoms with E-state index < -0.39 is 41.8 Å². The highest BCUT2D eigenvalue weighted by Gasteiger charge is 2.44. The van der Waals surface area contributed by atoms with Crippen LogP contribution in [0.2, 0.25) is 0 Å². The first-order valence-corrected chi connectivity index (χ1v) is 19.1. The number of sulfonamides is 3. The molecule has 1 unspecified atom stereocenters. The number of nitrogens with two attached hydrogens (primary N) is 1. The van der Waals surface area contributed by atoms with Crippen molar-refractivity contribution in [3.8, 4) is 16.9 Å². The molecular formula is C30H38N4O9S3. The van der Waals surface area contributed by atoms with E-state index >= 15 is 0 Å². The monoisotopic (exact) mass is 694 g/mol. The van der Waals surface area contributed by atoms with E-state index in [1.165, 1.54) is 35.6 Å². The first-order chi connectivity index (χ1) is 21.7. The Morgan fingerprint density at radius 2 is 1.61 bits per heavy atom. The van der Waals surface area contributed by atoms with Crippen molar-refractivity contribution < 1.29 is 39.8 Å². The molecule has 16 heteroatoms. The van der Waals surface area contributed by atoms with Crippen molar-refractivity contribution in [3.05, 3.63) is 72.8 Å². The van der Waals surface area contributed by atoms with Crippen LogP contribution in [0.25, 0.3) is 11.1 Å². The molecule has 2 heterocycles. The lowest BCUT2D eigenvalue weighted by atomic mass is 9.88. The van der Waals surface area contributed by atoms with Gasteiger partial charge in [0.2, 0.25) is 30.1 Å². The number of ether oxygens (including phenoxy) is 2. The van der Waals surface area contributed by atoms with Gasteiger partial charge in [0.15, 0.2) is 0 Å². The fraction of sp³-hybridized carbons (Fsp3) is 0.400. The SMILES string of the molecule is CNS(=O)(=O)c1cccc(OCC(O)CN[C@@H]2COC3(CCN(S(=O)(=O)c4cccc(-c5ccc(S(N)(=O)=O)cc5)c4)CC3)C2)c1. The van der Waals surface area contributed by atoms with Crippen LogP contribution in [-0.2, 0) is 34.8 Å². The van der Waals surface area contributed by atoms with Gasteiger partial charge in [0.1, 0.15) is 18.5 Å². The molecule has 5 N–H and O–H groups in total. The van der Waals surface area contributed by atoms with Crippen LogP contribution in [0.5, 0.6) is 5.75 Å². The van der Waals surface area contributed by atoms with Crippen molar-refractivity contribution in [2.45, 2.75) is 51.7 Å². The summed E-state index contributed by atoms with van der Waals surface area (Å²) in [5, 5.41) is 18.9. The number of aliphatic hydroxyl groups excluding tert-OH is 1. The van der Waals surface area contributed by atoms with Crippen molar-refractivity contribution >= 4 is 30.1 Å². The summed E-state index contributed by atoms with van der Waals surface area (Å²) in [5.74, 6) is 0.325. The van der Waals surface area contributed by atoms with E-state index in [-0.39, 0.29) is 33.9 Å². The van der Waals surface area contributed by atoms with Crippen LogP contribution in [0.4, 0.5) is 0 Å². The molecule has 13 nitrogen and oxygen atoms in total. The normalized spacial score (nSPS) is 19.7. The van der Waals surface area contributed by atoms with Crippen LogP contribution in [0.3, 0.4) is 0 Å². The molecule has 2 atom stereocenters. The van der Waals surface area contributed by atoms with Crippen LogP contribution in [0.15, 0.2) is 87.5 Å². The molecule has 0 radical (unpaired) electrons. The maximum Gasteiger partial charge on any atom is 0.243 e. The molecule has 2 aliphatic heterocycles. The standard InChI is InChI=1S/C30H38N4O9S3/c1-32-45(38,39)28-6-3-5-26(17-28)42-21-25(35)19-33-24-18-30(43-20-24)12-14-34(15-13-30)46(40,41)29-7-2-4-23(16-29)22-8-10-27(11-9-22)44(31,36)37/h2-11,16-17,24-25,32-33,35H,12-15,18-21H2,1H3,(H2,31,36,37)/t24-,25?/m0/s1. The van der Waals surface area contributed by atoms with Gasteiger partial charge in [0.05, 0.1) is 26.9 Å². The molecule has 3 aromatic carbocycles. The summed E-state index contributed by atoms with van der Waals surface area (Å²) in [6, 6.07) is 18.5. The fourth-order valence-electron chi connectivity index (χ4n) is 5.68. The summed E-state index contributed by atoms with van der Waals surface area (Å²) in [7, 11) is -9.91. The Morgan fingerprint density at radius 1 is 0.935 bits per heavy atom. The molecule has 2 fully saturated rings. The number of aliphatic hydroxyl groups is 1. The van der Waals surface area contributed by atoms with Crippen molar-refractivity contribution in [3.63, 3.8) is 0 Å². The van der Waals surface area contributed by atoms with Gasteiger partial charge >= 0.3 is 0 Å². The summed E-state index contributed by atoms with van der Waals surface area (Å²) >= 11 is 0. The van der Waals surface area contributed by atoms with E-state index in [9.17, 15) is 30.4 Å². The van der Waals surface area contributed by atoms with Crippen molar-refractivity contribution in [1.29, 1.82) is 0 Å². The second kappa shape index (κ2) is 13.7. The van der Waals surface area contributed by atoms with Gasteiger partial charge in [-0.05, 0) is 73.8 Å². The molecule has 0 amide bonds. The lowest BCUT2D eigenvalue weighted by Crippen LogP contribution is -2.47. The van der Waals surface area contributed by atoms with E-state index in [4.69, 9.17) is 14.6 Å². The number of hydrogen-bond donors (Lipinski definition) is 4. The predicted octanol–water partition coefficient (Wildman–Crippen LogP) is 1.25. The molecule has 0 bridgehead atoms. The maximum atomic E-state index is 13.6. The molecule has 1 spiro atoms. The quantitative estimate of drug-likeness (QED) is 0.214. The maximum absolute atomic E-state index is 13.6. The average molecular weight is 695 g/mol. The van der Waals surface area contributed by atoms with Crippen LogP contribution in [-0.4, -0.2) is 92.3 Å². The topological polar surface area (TPSA) is 194 Å². The Morgan fingerprint density at radius 3 is 2.28 bits per heavy atom. The van der Waals surface area contributed by atoms with Crippen LogP contribution in [0, 0.1) is 0 Å². The summed E-state index contributed by atoms with van der Waals surface area (Å²) in [5.41, 5.74) is 0.828. The van der Waals surface area contributed by atoms with Gasteiger partial charge in [-0.25, -0.2) is 35.1 Å². The van der Waals surface area contributed by atoms with Crippen LogP contribution >= 0.6 is 0 Å². The van der Waals surface area contributed by atoms with Crippen molar-refractivity contribution in [1.82, 2.24) is 14.3 Å². The van der Waals surface area contributed by atoms with Gasteiger partial charge in [0, 0.05) is 31.7 Å². The van der Waals surface area contributed by atoms with Crippen molar-refractivity contribution in [2.75, 3.05) is 39.9 Å².